The van der Waals surface area contributed by atoms with Crippen LogP contribution in [-0.4, -0.2) is 22.1 Å². The molecule has 1 atom stereocenters. The Labute approximate surface area is 223 Å². The van der Waals surface area contributed by atoms with Gasteiger partial charge in [-0.2, -0.15) is 26.3 Å². The van der Waals surface area contributed by atoms with Crippen LogP contribution in [-0.2, 0) is 6.18 Å². The molecule has 0 spiro atoms. The van der Waals surface area contributed by atoms with E-state index in [1.807, 2.05) is 5.43 Å². The number of aromatic nitrogens is 2. The number of benzene rings is 2. The number of nitrogens with one attached hydrogen (secondary N) is 2. The van der Waals surface area contributed by atoms with Crippen molar-refractivity contribution in [1.29, 1.82) is 0 Å². The van der Waals surface area contributed by atoms with Gasteiger partial charge in [-0.3, -0.25) is 15.6 Å². The minimum atomic E-state index is -5.21. The highest BCUT2D eigenvalue weighted by atomic mass is 35.5. The van der Waals surface area contributed by atoms with Crippen LogP contribution in [0.3, 0.4) is 0 Å². The monoisotopic (exact) mass is 604 g/mol. The molecule has 5 nitrogen and oxygen atoms in total. The number of alkyl halides is 6. The van der Waals surface area contributed by atoms with Crippen molar-refractivity contribution < 1.29 is 39.9 Å². The third-order valence-corrected chi connectivity index (χ3v) is 5.98. The first-order valence-electron chi connectivity index (χ1n) is 9.92. The van der Waals surface area contributed by atoms with Gasteiger partial charge in [0, 0.05) is 5.56 Å². The summed E-state index contributed by atoms with van der Waals surface area (Å²) in [5, 5.41) is -0.954. The van der Waals surface area contributed by atoms with Gasteiger partial charge in [0.05, 0.1) is 38.6 Å². The zero-order valence-electron chi connectivity index (χ0n) is 18.2. The molecule has 1 heterocycles. The van der Waals surface area contributed by atoms with Gasteiger partial charge in [0.1, 0.15) is 11.7 Å². The molecule has 2 aromatic carbocycles. The normalized spacial score (nSPS) is 13.3. The molecule has 0 aliphatic heterocycles. The fourth-order valence-electron chi connectivity index (χ4n) is 3.06. The lowest BCUT2D eigenvalue weighted by Crippen LogP contribution is -2.32. The number of halogens is 11. The molecule has 1 aromatic heterocycles. The third kappa shape index (κ3) is 7.03. The number of hydrazine groups is 1. The minimum absolute atomic E-state index is 0.0402. The van der Waals surface area contributed by atoms with Crippen LogP contribution >= 0.6 is 34.8 Å². The summed E-state index contributed by atoms with van der Waals surface area (Å²) in [6, 6.07) is 3.00. The van der Waals surface area contributed by atoms with Gasteiger partial charge < -0.3 is 0 Å². The molecule has 1 unspecified atom stereocenters. The summed E-state index contributed by atoms with van der Waals surface area (Å²) in [4.78, 5) is 19.2. The number of amides is 1. The molecular weight excluding hydrogens is 595 g/mol. The molecule has 38 heavy (non-hydrogen) atoms. The maximum atomic E-state index is 14.9. The van der Waals surface area contributed by atoms with Crippen molar-refractivity contribution >= 4 is 52.5 Å². The molecule has 0 saturated heterocycles. The Morgan fingerprint density at radius 3 is 2.05 bits per heavy atom. The second kappa shape index (κ2) is 11.3. The highest BCUT2D eigenvalue weighted by Gasteiger charge is 2.41. The second-order valence-electron chi connectivity index (χ2n) is 7.39. The predicted molar refractivity (Wildman–Crippen MR) is 124 cm³/mol. The molecule has 202 valence electrons. The van der Waals surface area contributed by atoms with E-state index in [2.05, 4.69) is 15.4 Å². The standard InChI is InChI=1S/C22H11Cl3F8N4O/c23-15-4-10(5-16(24)18(15)25)13(21(28,29)30)6-17(27)9-1-2-12(14(3-9)22(31,32)33)19(38)36-37-20-34-7-11(26)8-35-20/h1-8,13H,(H,36,38)(H,34,35,37)/b17-6-. The molecule has 2 N–H and O–H groups in total. The summed E-state index contributed by atoms with van der Waals surface area (Å²) in [6.45, 7) is 0. The number of nitrogens with zero attached hydrogens (tertiary/aromatic N) is 2. The van der Waals surface area contributed by atoms with Gasteiger partial charge in [-0.1, -0.05) is 40.9 Å². The first kappa shape index (κ1) is 29.4. The Morgan fingerprint density at radius 1 is 0.947 bits per heavy atom. The molecule has 0 fully saturated rings. The molecular formula is C22H11Cl3F8N4O. The zero-order chi connectivity index (χ0) is 28.4. The summed E-state index contributed by atoms with van der Waals surface area (Å²) < 4.78 is 110. The fraction of sp³-hybridized carbons (Fsp3) is 0.136. The molecule has 0 aliphatic rings. The van der Waals surface area contributed by atoms with Crippen molar-refractivity contribution in [3.8, 4) is 0 Å². The quantitative estimate of drug-likeness (QED) is 0.170. The molecule has 0 aliphatic carbocycles. The Bertz CT molecular complexity index is 1360. The van der Waals surface area contributed by atoms with Crippen molar-refractivity contribution in [2.24, 2.45) is 0 Å². The molecule has 3 rings (SSSR count). The first-order valence-corrected chi connectivity index (χ1v) is 11.0. The van der Waals surface area contributed by atoms with Crippen LogP contribution in [0.15, 0.2) is 48.8 Å². The lowest BCUT2D eigenvalue weighted by molar-refractivity contribution is -0.140. The average Bonchev–Trinajstić information content (AvgIpc) is 2.83. The largest absolute Gasteiger partial charge is 0.417 e. The van der Waals surface area contributed by atoms with Gasteiger partial charge in [-0.25, -0.2) is 18.7 Å². The predicted octanol–water partition coefficient (Wildman–Crippen LogP) is 8.01. The molecule has 3 aromatic rings. The Balaban J connectivity index is 1.97. The molecule has 0 bridgehead atoms. The van der Waals surface area contributed by atoms with E-state index in [0.717, 1.165) is 12.1 Å². The Morgan fingerprint density at radius 2 is 1.53 bits per heavy atom. The van der Waals surface area contributed by atoms with E-state index < -0.39 is 58.1 Å². The van der Waals surface area contributed by atoms with Gasteiger partial charge in [-0.15, -0.1) is 0 Å². The topological polar surface area (TPSA) is 66.9 Å². The van der Waals surface area contributed by atoms with E-state index in [1.54, 1.807) is 0 Å². The fourth-order valence-corrected chi connectivity index (χ4v) is 3.67. The van der Waals surface area contributed by atoms with E-state index in [0.29, 0.717) is 24.5 Å². The highest BCUT2D eigenvalue weighted by Crippen LogP contribution is 2.42. The lowest BCUT2D eigenvalue weighted by atomic mass is 9.95. The van der Waals surface area contributed by atoms with E-state index >= 15 is 0 Å². The number of anilines is 1. The Hall–Kier alpha value is -3.16. The summed E-state index contributed by atoms with van der Waals surface area (Å²) in [6.07, 6.45) is -8.84. The van der Waals surface area contributed by atoms with Crippen LogP contribution in [0.5, 0.6) is 0 Å². The van der Waals surface area contributed by atoms with E-state index in [-0.39, 0.29) is 33.2 Å². The number of hydrogen-bond donors (Lipinski definition) is 2. The van der Waals surface area contributed by atoms with Crippen LogP contribution in [0.4, 0.5) is 41.1 Å². The van der Waals surface area contributed by atoms with E-state index in [4.69, 9.17) is 34.8 Å². The maximum Gasteiger partial charge on any atom is 0.417 e. The molecule has 0 radical (unpaired) electrons. The van der Waals surface area contributed by atoms with Crippen LogP contribution in [0.1, 0.15) is 33.0 Å². The SMILES string of the molecule is O=C(NNc1ncc(F)cn1)c1ccc(/C(F)=C/C(c2cc(Cl)c(Cl)c(Cl)c2)C(F)(F)F)cc1C(F)(F)F. The number of rotatable bonds is 6. The van der Waals surface area contributed by atoms with Crippen molar-refractivity contribution in [1.82, 2.24) is 15.4 Å². The number of allylic oxidation sites excluding steroid dienone is 1. The number of hydrogen-bond acceptors (Lipinski definition) is 4. The second-order valence-corrected chi connectivity index (χ2v) is 8.59. The number of carbonyl (C=O) groups excluding carboxylic acids is 1. The molecule has 0 saturated carbocycles. The summed E-state index contributed by atoms with van der Waals surface area (Å²) >= 11 is 17.3. The zero-order valence-corrected chi connectivity index (χ0v) is 20.4. The lowest BCUT2D eigenvalue weighted by Gasteiger charge is -2.19. The molecule has 1 amide bonds. The number of carbonyl (C=O) groups is 1. The Kier molecular flexibility index (Phi) is 8.74. The summed E-state index contributed by atoms with van der Waals surface area (Å²) in [5.74, 6) is -6.89. The summed E-state index contributed by atoms with van der Waals surface area (Å²) in [5.41, 5.74) is -0.259. The van der Waals surface area contributed by atoms with Gasteiger partial charge in [0.2, 0.25) is 5.95 Å². The maximum absolute atomic E-state index is 14.9. The van der Waals surface area contributed by atoms with Crippen molar-refractivity contribution in [2.75, 3.05) is 5.43 Å². The van der Waals surface area contributed by atoms with Crippen molar-refractivity contribution in [3.63, 3.8) is 0 Å². The van der Waals surface area contributed by atoms with E-state index in [9.17, 15) is 39.9 Å². The van der Waals surface area contributed by atoms with Crippen LogP contribution in [0, 0.1) is 5.82 Å². The average molecular weight is 606 g/mol. The van der Waals surface area contributed by atoms with Crippen molar-refractivity contribution in [2.45, 2.75) is 18.3 Å². The first-order chi connectivity index (χ1) is 17.6. The van der Waals surface area contributed by atoms with Gasteiger partial charge in [-0.05, 0) is 35.9 Å². The summed E-state index contributed by atoms with van der Waals surface area (Å²) in [7, 11) is 0. The van der Waals surface area contributed by atoms with Crippen molar-refractivity contribution in [3.05, 3.63) is 91.9 Å². The van der Waals surface area contributed by atoms with Crippen LogP contribution in [0.2, 0.25) is 15.1 Å². The van der Waals surface area contributed by atoms with Gasteiger partial charge >= 0.3 is 12.4 Å². The minimum Gasteiger partial charge on any atom is -0.267 e. The van der Waals surface area contributed by atoms with Crippen LogP contribution in [0.25, 0.3) is 5.83 Å². The highest BCUT2D eigenvalue weighted by molar-refractivity contribution is 6.48. The molecule has 16 heteroatoms. The smallest absolute Gasteiger partial charge is 0.267 e. The van der Waals surface area contributed by atoms with Gasteiger partial charge in [0.15, 0.2) is 5.82 Å². The van der Waals surface area contributed by atoms with Crippen LogP contribution < -0.4 is 10.9 Å². The van der Waals surface area contributed by atoms with E-state index in [1.165, 1.54) is 0 Å². The third-order valence-electron chi connectivity index (χ3n) is 4.78. The van der Waals surface area contributed by atoms with Gasteiger partial charge in [0.25, 0.3) is 5.91 Å².